The first kappa shape index (κ1) is 6.56. The van der Waals surface area contributed by atoms with Crippen LogP contribution in [0.1, 0.15) is 5.56 Å². The van der Waals surface area contributed by atoms with Gasteiger partial charge >= 0.3 is 0 Å². The molecule has 0 amide bonds. The molecule has 1 radical (unpaired) electrons. The van der Waals surface area contributed by atoms with E-state index in [1.54, 1.807) is 6.20 Å². The lowest BCUT2D eigenvalue weighted by atomic mass is 10.2. The molecule has 1 nitrogen and oxygen atoms in total. The fourth-order valence-electron chi connectivity index (χ4n) is 0.598. The lowest BCUT2D eigenvalue weighted by Crippen LogP contribution is -1.80. The summed E-state index contributed by atoms with van der Waals surface area (Å²) in [6, 6.07) is 3.72. The van der Waals surface area contributed by atoms with Crippen molar-refractivity contribution in [3.8, 4) is 0 Å². The Morgan fingerprint density at radius 1 is 1.67 bits per heavy atom. The van der Waals surface area contributed by atoms with Gasteiger partial charge in [0, 0.05) is 6.20 Å². The van der Waals surface area contributed by atoms with Gasteiger partial charge < -0.3 is 0 Å². The number of nitrogens with zero attached hydrogens (tertiary/aromatic N) is 1. The highest BCUT2D eigenvalue weighted by molar-refractivity contribution is 6.29. The van der Waals surface area contributed by atoms with Crippen molar-refractivity contribution < 1.29 is 0 Å². The molecular weight excluding hydrogens is 134 g/mol. The fraction of sp³-hybridized carbons (Fsp3) is 0.143. The van der Waals surface area contributed by atoms with Gasteiger partial charge in [-0.3, -0.25) is 0 Å². The van der Waals surface area contributed by atoms with Gasteiger partial charge in [-0.05, 0) is 31.0 Å². The normalized spacial score (nSPS) is 9.56. The summed E-state index contributed by atoms with van der Waals surface area (Å²) in [6.07, 6.45) is 2.45. The molecule has 0 aliphatic carbocycles. The molecule has 0 N–H and O–H groups in total. The van der Waals surface area contributed by atoms with Crippen molar-refractivity contribution in [3.05, 3.63) is 36.0 Å². The Bertz CT molecular complexity index is 198. The number of hydrogen-bond acceptors (Lipinski definition) is 1. The molecule has 0 aliphatic rings. The molecule has 0 aromatic carbocycles. The third-order valence-corrected chi connectivity index (χ3v) is 1.29. The van der Waals surface area contributed by atoms with Crippen molar-refractivity contribution >= 4 is 11.6 Å². The topological polar surface area (TPSA) is 12.9 Å². The van der Waals surface area contributed by atoms with Gasteiger partial charge in [0.25, 0.3) is 0 Å². The zero-order chi connectivity index (χ0) is 6.69. The molecule has 0 saturated heterocycles. The number of pyridine rings is 1. The van der Waals surface area contributed by atoms with E-state index in [-0.39, 0.29) is 0 Å². The maximum Gasteiger partial charge on any atom is 0.129 e. The predicted octanol–water partition coefficient (Wildman–Crippen LogP) is 2.11. The van der Waals surface area contributed by atoms with Gasteiger partial charge in [-0.15, -0.1) is 0 Å². The van der Waals surface area contributed by atoms with Gasteiger partial charge in [-0.25, -0.2) is 4.98 Å². The van der Waals surface area contributed by atoms with Crippen LogP contribution >= 0.6 is 11.6 Å². The van der Waals surface area contributed by atoms with Crippen molar-refractivity contribution in [1.82, 2.24) is 4.98 Å². The van der Waals surface area contributed by atoms with Crippen LogP contribution in [0, 0.1) is 6.92 Å². The Kier molecular flexibility index (Phi) is 2.06. The van der Waals surface area contributed by atoms with Crippen LogP contribution in [0.2, 0.25) is 5.15 Å². The molecular formula is C7H7ClN. The van der Waals surface area contributed by atoms with E-state index in [2.05, 4.69) is 11.9 Å². The molecule has 0 unspecified atom stereocenters. The van der Waals surface area contributed by atoms with Crippen LogP contribution in [-0.2, 0) is 6.42 Å². The lowest BCUT2D eigenvalue weighted by Gasteiger charge is -1.92. The summed E-state index contributed by atoms with van der Waals surface area (Å²) in [5.74, 6) is 0. The van der Waals surface area contributed by atoms with E-state index in [1.165, 1.54) is 0 Å². The van der Waals surface area contributed by atoms with Crippen molar-refractivity contribution in [3.63, 3.8) is 0 Å². The minimum absolute atomic E-state index is 0.538. The van der Waals surface area contributed by atoms with Gasteiger partial charge in [0.15, 0.2) is 0 Å². The Morgan fingerprint density at radius 2 is 2.44 bits per heavy atom. The minimum atomic E-state index is 0.538. The zero-order valence-corrected chi connectivity index (χ0v) is 5.73. The van der Waals surface area contributed by atoms with Crippen LogP contribution < -0.4 is 0 Å². The second-order valence-electron chi connectivity index (χ2n) is 1.74. The second kappa shape index (κ2) is 2.83. The zero-order valence-electron chi connectivity index (χ0n) is 4.97. The highest BCUT2D eigenvalue weighted by Gasteiger charge is 1.88. The van der Waals surface area contributed by atoms with E-state index in [0.717, 1.165) is 12.0 Å². The lowest BCUT2D eigenvalue weighted by molar-refractivity contribution is 1.21. The number of rotatable bonds is 1. The number of halogens is 1. The largest absolute Gasteiger partial charge is 0.245 e. The van der Waals surface area contributed by atoms with E-state index in [0.29, 0.717) is 5.15 Å². The molecule has 0 atom stereocenters. The van der Waals surface area contributed by atoms with Gasteiger partial charge in [0.05, 0.1) is 0 Å². The summed E-state index contributed by atoms with van der Waals surface area (Å²) in [5, 5.41) is 0.538. The van der Waals surface area contributed by atoms with Crippen LogP contribution in [0.4, 0.5) is 0 Å². The van der Waals surface area contributed by atoms with E-state index in [1.807, 2.05) is 12.1 Å². The van der Waals surface area contributed by atoms with E-state index in [4.69, 9.17) is 11.6 Å². The molecule has 47 valence electrons. The molecule has 1 rings (SSSR count). The molecule has 0 saturated carbocycles. The third-order valence-electron chi connectivity index (χ3n) is 1.08. The standard InChI is InChI=1S/C7H7ClN/c1-2-6-3-4-9-7(8)5-6/h3-5H,1-2H2. The molecule has 1 aromatic heterocycles. The predicted molar refractivity (Wildman–Crippen MR) is 38.3 cm³/mol. The molecule has 2 heteroatoms. The molecule has 0 bridgehead atoms. The quantitative estimate of drug-likeness (QED) is 0.545. The summed E-state index contributed by atoms with van der Waals surface area (Å²) in [5.41, 5.74) is 1.12. The Balaban J connectivity index is 2.94. The van der Waals surface area contributed by atoms with E-state index in [9.17, 15) is 0 Å². The van der Waals surface area contributed by atoms with Crippen LogP contribution in [0.25, 0.3) is 0 Å². The summed E-state index contributed by atoms with van der Waals surface area (Å²) in [6.45, 7) is 3.71. The summed E-state index contributed by atoms with van der Waals surface area (Å²) in [4.78, 5) is 3.83. The van der Waals surface area contributed by atoms with Gasteiger partial charge in [-0.1, -0.05) is 11.6 Å². The van der Waals surface area contributed by atoms with Crippen LogP contribution in [-0.4, -0.2) is 4.98 Å². The van der Waals surface area contributed by atoms with Crippen LogP contribution in [0.5, 0.6) is 0 Å². The maximum atomic E-state index is 5.58. The number of aromatic nitrogens is 1. The molecule has 0 fully saturated rings. The van der Waals surface area contributed by atoms with Gasteiger partial charge in [0.2, 0.25) is 0 Å². The number of hydrogen-bond donors (Lipinski definition) is 0. The average Bonchev–Trinajstić information content (AvgIpc) is 1.88. The second-order valence-corrected chi connectivity index (χ2v) is 2.12. The van der Waals surface area contributed by atoms with Crippen LogP contribution in [0.15, 0.2) is 18.3 Å². The molecule has 1 heterocycles. The van der Waals surface area contributed by atoms with Crippen molar-refractivity contribution in [2.45, 2.75) is 6.42 Å². The summed E-state index contributed by atoms with van der Waals surface area (Å²) >= 11 is 5.58. The van der Waals surface area contributed by atoms with E-state index >= 15 is 0 Å². The minimum Gasteiger partial charge on any atom is -0.245 e. The van der Waals surface area contributed by atoms with Crippen molar-refractivity contribution in [2.24, 2.45) is 0 Å². The first-order chi connectivity index (χ1) is 4.33. The smallest absolute Gasteiger partial charge is 0.129 e. The molecule has 0 spiro atoms. The highest BCUT2D eigenvalue weighted by Crippen LogP contribution is 2.06. The molecule has 1 aromatic rings. The van der Waals surface area contributed by atoms with Crippen LogP contribution in [0.3, 0.4) is 0 Å². The Morgan fingerprint density at radius 3 is 2.89 bits per heavy atom. The third kappa shape index (κ3) is 1.68. The highest BCUT2D eigenvalue weighted by atomic mass is 35.5. The first-order valence-electron chi connectivity index (χ1n) is 2.72. The molecule has 9 heavy (non-hydrogen) atoms. The fourth-order valence-corrected chi connectivity index (χ4v) is 0.795. The Hall–Kier alpha value is -0.560. The SMILES string of the molecule is [CH2]Cc1ccnc(Cl)c1. The maximum absolute atomic E-state index is 5.58. The van der Waals surface area contributed by atoms with Gasteiger partial charge in [-0.2, -0.15) is 0 Å². The van der Waals surface area contributed by atoms with Gasteiger partial charge in [0.1, 0.15) is 5.15 Å². The van der Waals surface area contributed by atoms with Crippen molar-refractivity contribution in [2.75, 3.05) is 0 Å². The first-order valence-corrected chi connectivity index (χ1v) is 3.10. The Labute approximate surface area is 59.7 Å². The van der Waals surface area contributed by atoms with Crippen molar-refractivity contribution in [1.29, 1.82) is 0 Å². The molecule has 0 aliphatic heterocycles. The monoisotopic (exact) mass is 140 g/mol. The van der Waals surface area contributed by atoms with E-state index < -0.39 is 0 Å². The summed E-state index contributed by atoms with van der Waals surface area (Å²) in [7, 11) is 0. The summed E-state index contributed by atoms with van der Waals surface area (Å²) < 4.78 is 0. The average molecular weight is 141 g/mol.